The molecule has 0 bridgehead atoms. The van der Waals surface area contributed by atoms with Gasteiger partial charge in [0.15, 0.2) is 0 Å². The summed E-state index contributed by atoms with van der Waals surface area (Å²) < 4.78 is 12.9. The van der Waals surface area contributed by atoms with Crippen LogP contribution in [-0.4, -0.2) is 14.1 Å². The Morgan fingerprint density at radius 1 is 0.586 bits per heavy atom. The number of aromatic nitrogens is 4. The summed E-state index contributed by atoms with van der Waals surface area (Å²) in [5.74, 6) is 1.46. The zero-order valence-corrected chi connectivity index (χ0v) is 43.1. The number of ether oxygens (including phenoxy) is 1. The fourth-order valence-electron chi connectivity index (χ4n) is 9.12. The second kappa shape index (κ2) is 18.1. The van der Waals surface area contributed by atoms with Crippen molar-refractivity contribution in [2.75, 3.05) is 0 Å². The van der Waals surface area contributed by atoms with E-state index in [0.717, 1.165) is 72.2 Å². The zero-order valence-electron chi connectivity index (χ0n) is 40.8. The molecule has 0 radical (unpaired) electrons. The molecular weight excluding hydrogens is 1040 g/mol. The molecule has 0 atom stereocenters. The van der Waals surface area contributed by atoms with Crippen LogP contribution in [0.1, 0.15) is 90.1 Å². The molecule has 0 spiro atoms. The summed E-state index contributed by atoms with van der Waals surface area (Å²) in [6, 6.07) is 61.2. The topological polar surface area (TPSA) is 83.4 Å². The number of pyridine rings is 1. The van der Waals surface area contributed by atoms with E-state index in [1.165, 1.54) is 11.1 Å². The third-order valence-electron chi connectivity index (χ3n) is 12.9. The Morgan fingerprint density at radius 3 is 1.94 bits per heavy atom. The van der Waals surface area contributed by atoms with E-state index in [9.17, 15) is 10.5 Å². The predicted molar refractivity (Wildman–Crippen MR) is 276 cm³/mol. The summed E-state index contributed by atoms with van der Waals surface area (Å²) in [6.07, 6.45) is 5.62. The summed E-state index contributed by atoms with van der Waals surface area (Å²) in [5.41, 5.74) is 13.5. The van der Waals surface area contributed by atoms with Crippen LogP contribution in [0.25, 0.3) is 72.3 Å². The van der Waals surface area contributed by atoms with Crippen molar-refractivity contribution < 1.29 is 30.4 Å². The second-order valence-corrected chi connectivity index (χ2v) is 20.8. The Balaban J connectivity index is 0.00000608. The average molecular weight is 1090 g/mol. The summed E-state index contributed by atoms with van der Waals surface area (Å²) in [5, 5.41) is 22.5. The van der Waals surface area contributed by atoms with Crippen molar-refractivity contribution in [1.29, 1.82) is 10.5 Å². The molecule has 0 saturated carbocycles. The number of rotatable bonds is 7. The van der Waals surface area contributed by atoms with E-state index in [1.807, 2.05) is 77.5 Å². The maximum absolute atomic E-state index is 10.6. The molecule has 0 amide bonds. The normalized spacial score (nSPS) is 11.9. The molecule has 70 heavy (non-hydrogen) atoms. The molecule has 3 heterocycles. The zero-order chi connectivity index (χ0) is 48.4. The molecule has 0 aliphatic carbocycles. The van der Waals surface area contributed by atoms with Crippen LogP contribution in [0.3, 0.4) is 0 Å². The van der Waals surface area contributed by atoms with Gasteiger partial charge in [-0.2, -0.15) is 17.4 Å². The molecule has 3 aromatic heterocycles. The molecular formula is C62H52N6OPt-2. The van der Waals surface area contributed by atoms with Gasteiger partial charge >= 0.3 is 0 Å². The Kier molecular flexibility index (Phi) is 12.3. The fraction of sp³-hybridized carbons (Fsp3) is 0.194. The van der Waals surface area contributed by atoms with Crippen LogP contribution >= 0.6 is 0 Å². The fourth-order valence-corrected chi connectivity index (χ4v) is 9.12. The van der Waals surface area contributed by atoms with Gasteiger partial charge in [0.1, 0.15) is 5.82 Å². The Morgan fingerprint density at radius 2 is 1.24 bits per heavy atom. The maximum atomic E-state index is 10.6. The first kappa shape index (κ1) is 47.5. The predicted octanol–water partition coefficient (Wildman–Crippen LogP) is 14.6. The Bertz CT molecular complexity index is 3710. The van der Waals surface area contributed by atoms with Crippen LogP contribution in [0, 0.1) is 41.1 Å². The molecule has 0 aliphatic heterocycles. The van der Waals surface area contributed by atoms with Gasteiger partial charge in [-0.3, -0.25) is 4.57 Å². The van der Waals surface area contributed by atoms with Gasteiger partial charge in [-0.1, -0.05) is 159 Å². The van der Waals surface area contributed by atoms with Gasteiger partial charge in [-0.25, -0.2) is 10.2 Å². The van der Waals surface area contributed by atoms with E-state index in [-0.39, 0.29) is 43.1 Å². The molecule has 0 unspecified atom stereocenters. The van der Waals surface area contributed by atoms with Crippen molar-refractivity contribution in [3.05, 3.63) is 198 Å². The van der Waals surface area contributed by atoms with Crippen LogP contribution in [0.2, 0.25) is 0 Å². The summed E-state index contributed by atoms with van der Waals surface area (Å²) in [6.45, 7) is 20.1. The third kappa shape index (κ3) is 8.72. The maximum Gasteiger partial charge on any atom is 0.268 e. The van der Waals surface area contributed by atoms with Crippen LogP contribution in [0.5, 0.6) is 11.5 Å². The number of hydrogen-bond donors (Lipinski definition) is 0. The molecule has 10 rings (SSSR count). The van der Waals surface area contributed by atoms with E-state index in [1.54, 1.807) is 0 Å². The van der Waals surface area contributed by atoms with Gasteiger partial charge in [-0.05, 0) is 102 Å². The SMILES string of the molecule is CC(C)(C)c1cc(-c2cccc(-c3cccc(C#N)c3)c2-[n+]2[c-]n(-c3[c-]c(Oc4[c-]c5c(cc4C#N)c4ccccc4n5-c4cc(C(C)(C)C)ccn4)ccc3)c3ccccc32)cc(C(C)(C)C)c1.[Pt]. The van der Waals surface area contributed by atoms with Gasteiger partial charge in [0, 0.05) is 50.3 Å². The molecule has 0 fully saturated rings. The molecule has 0 saturated heterocycles. The first-order chi connectivity index (χ1) is 33.0. The van der Waals surface area contributed by atoms with Crippen molar-refractivity contribution in [3.8, 4) is 63.1 Å². The van der Waals surface area contributed by atoms with Crippen LogP contribution < -0.4 is 9.30 Å². The average Bonchev–Trinajstić information content (AvgIpc) is 3.88. The minimum Gasteiger partial charge on any atom is -0.508 e. The summed E-state index contributed by atoms with van der Waals surface area (Å²) >= 11 is 0. The van der Waals surface area contributed by atoms with E-state index in [0.29, 0.717) is 22.6 Å². The van der Waals surface area contributed by atoms with E-state index in [2.05, 4.69) is 181 Å². The Labute approximate surface area is 425 Å². The van der Waals surface area contributed by atoms with Crippen LogP contribution in [0.15, 0.2) is 152 Å². The number of para-hydroxylation sites is 4. The van der Waals surface area contributed by atoms with Gasteiger partial charge in [-0.15, -0.1) is 29.7 Å². The molecule has 348 valence electrons. The number of benzene rings is 7. The number of fused-ring (bicyclic) bond motifs is 4. The summed E-state index contributed by atoms with van der Waals surface area (Å²) in [4.78, 5) is 4.84. The van der Waals surface area contributed by atoms with Crippen LogP contribution in [-0.2, 0) is 37.3 Å². The van der Waals surface area contributed by atoms with Gasteiger partial charge in [0.2, 0.25) is 0 Å². The molecule has 7 aromatic carbocycles. The van der Waals surface area contributed by atoms with E-state index >= 15 is 0 Å². The monoisotopic (exact) mass is 1090 g/mol. The Hall–Kier alpha value is -7.57. The molecule has 8 heteroatoms. The van der Waals surface area contributed by atoms with E-state index < -0.39 is 0 Å². The number of imidazole rings is 1. The second-order valence-electron chi connectivity index (χ2n) is 20.8. The molecule has 0 N–H and O–H groups in total. The quantitative estimate of drug-likeness (QED) is 0.118. The molecule has 7 nitrogen and oxygen atoms in total. The smallest absolute Gasteiger partial charge is 0.268 e. The van der Waals surface area contributed by atoms with Gasteiger partial charge in [0.05, 0.1) is 28.4 Å². The number of nitriles is 2. The van der Waals surface area contributed by atoms with Crippen molar-refractivity contribution in [3.63, 3.8) is 0 Å². The van der Waals surface area contributed by atoms with Crippen molar-refractivity contribution in [2.24, 2.45) is 0 Å². The van der Waals surface area contributed by atoms with Gasteiger partial charge in [0.25, 0.3) is 6.33 Å². The number of nitrogens with zero attached hydrogens (tertiary/aromatic N) is 6. The van der Waals surface area contributed by atoms with E-state index in [4.69, 9.17) is 9.72 Å². The first-order valence-electron chi connectivity index (χ1n) is 23.3. The minimum absolute atomic E-state index is 0. The molecule has 0 aliphatic rings. The standard InChI is InChI=1S/C62H52N6O.Pt/c1-60(2,3)44-27-28-65-58(34-44)68-53-24-11-10-21-51(53)52-32-43(38-64)57(36-56(52)68)69-48-20-15-19-47(35-48)66-39-67(55-26-13-12-25-54(55)66)59-49(41-18-14-17-40(29-41)37-63)22-16-23-50(59)42-30-45(61(4,5)6)33-46(31-42)62(7,8)9;/h10-34H,1-9H3;/q-2;. The molecule has 10 aromatic rings. The third-order valence-corrected chi connectivity index (χ3v) is 12.9. The largest absolute Gasteiger partial charge is 0.508 e. The minimum atomic E-state index is -0.0989. The van der Waals surface area contributed by atoms with Gasteiger partial charge < -0.3 is 13.9 Å². The van der Waals surface area contributed by atoms with Crippen molar-refractivity contribution >= 4 is 32.8 Å². The summed E-state index contributed by atoms with van der Waals surface area (Å²) in [7, 11) is 0. The first-order valence-corrected chi connectivity index (χ1v) is 23.3. The van der Waals surface area contributed by atoms with Crippen LogP contribution in [0.4, 0.5) is 0 Å². The number of hydrogen-bond acceptors (Lipinski definition) is 4. The van der Waals surface area contributed by atoms with Crippen molar-refractivity contribution in [1.82, 2.24) is 14.1 Å². The van der Waals surface area contributed by atoms with Crippen molar-refractivity contribution in [2.45, 2.75) is 78.6 Å².